The average Bonchev–Trinajstić information content (AvgIpc) is 2.27. The molecule has 0 aliphatic carbocycles. The Morgan fingerprint density at radius 1 is 0.611 bits per heavy atom. The van der Waals surface area contributed by atoms with Crippen LogP contribution in [0, 0.1) is 0 Å². The van der Waals surface area contributed by atoms with Crippen LogP contribution in [0.1, 0.15) is 27.7 Å². The van der Waals surface area contributed by atoms with Gasteiger partial charge in [-0.3, -0.25) is 0 Å². The maximum atomic E-state index is 6.12. The van der Waals surface area contributed by atoms with E-state index in [1.54, 1.807) is 0 Å². The van der Waals surface area contributed by atoms with Gasteiger partial charge in [-0.05, 0) is 27.7 Å². The van der Waals surface area contributed by atoms with Gasteiger partial charge in [0.25, 0.3) is 0 Å². The first-order valence-electron chi connectivity index (χ1n) is 5.44. The fraction of sp³-hybridized carbons (Fsp3) is 0.500. The van der Waals surface area contributed by atoms with Crippen LogP contribution in [0.3, 0.4) is 0 Å². The van der Waals surface area contributed by atoms with Gasteiger partial charge in [0.2, 0.25) is 0 Å². The van der Waals surface area contributed by atoms with E-state index in [0.29, 0.717) is 11.5 Å². The molecule has 0 heterocycles. The summed E-state index contributed by atoms with van der Waals surface area (Å²) >= 11 is 24.2. The first-order chi connectivity index (χ1) is 8.25. The van der Waals surface area contributed by atoms with E-state index >= 15 is 0 Å². The largest absolute Gasteiger partial charge is 0.485 e. The van der Waals surface area contributed by atoms with Crippen LogP contribution in [0.4, 0.5) is 0 Å². The molecule has 0 radical (unpaired) electrons. The Balaban J connectivity index is 3.43. The lowest BCUT2D eigenvalue weighted by Gasteiger charge is -2.20. The Morgan fingerprint density at radius 2 is 0.889 bits per heavy atom. The molecule has 0 saturated heterocycles. The van der Waals surface area contributed by atoms with Gasteiger partial charge >= 0.3 is 0 Å². The molecule has 18 heavy (non-hydrogen) atoms. The Hall–Kier alpha value is -0.0200. The number of hydrogen-bond donors (Lipinski definition) is 0. The van der Waals surface area contributed by atoms with Gasteiger partial charge in [-0.15, -0.1) is 0 Å². The van der Waals surface area contributed by atoms with E-state index < -0.39 is 0 Å². The molecule has 1 aromatic rings. The fourth-order valence-corrected chi connectivity index (χ4v) is 2.18. The van der Waals surface area contributed by atoms with Gasteiger partial charge in [0, 0.05) is 0 Å². The third kappa shape index (κ3) is 3.51. The highest BCUT2D eigenvalue weighted by atomic mass is 35.5. The molecule has 0 amide bonds. The Kier molecular flexibility index (Phi) is 5.72. The Morgan fingerprint density at radius 3 is 1.11 bits per heavy atom. The Labute approximate surface area is 127 Å². The van der Waals surface area contributed by atoms with E-state index in [2.05, 4.69) is 0 Å². The molecule has 0 aromatic heterocycles. The van der Waals surface area contributed by atoms with Gasteiger partial charge in [-0.25, -0.2) is 0 Å². The summed E-state index contributed by atoms with van der Waals surface area (Å²) in [5, 5.41) is 0.732. The Bertz CT molecular complexity index is 403. The predicted octanol–water partition coefficient (Wildman–Crippen LogP) is 5.87. The summed E-state index contributed by atoms with van der Waals surface area (Å²) in [4.78, 5) is 0. The van der Waals surface area contributed by atoms with Crippen LogP contribution >= 0.6 is 46.4 Å². The van der Waals surface area contributed by atoms with Crippen molar-refractivity contribution in [1.29, 1.82) is 0 Å². The van der Waals surface area contributed by atoms with Gasteiger partial charge in [-0.1, -0.05) is 46.4 Å². The average molecular weight is 332 g/mol. The highest BCUT2D eigenvalue weighted by Gasteiger charge is 2.24. The van der Waals surface area contributed by atoms with E-state index in [0.717, 1.165) is 0 Å². The smallest absolute Gasteiger partial charge is 0.183 e. The van der Waals surface area contributed by atoms with Crippen molar-refractivity contribution in [2.75, 3.05) is 0 Å². The van der Waals surface area contributed by atoms with Crippen molar-refractivity contribution < 1.29 is 9.47 Å². The zero-order valence-electron chi connectivity index (χ0n) is 10.5. The molecule has 6 heteroatoms. The molecule has 2 nitrogen and oxygen atoms in total. The molecular formula is C12H14Cl4O2. The van der Waals surface area contributed by atoms with Crippen LogP contribution in [0.15, 0.2) is 0 Å². The first kappa shape index (κ1) is 16.0. The molecule has 0 fully saturated rings. The molecule has 0 unspecified atom stereocenters. The van der Waals surface area contributed by atoms with Crippen LogP contribution in [-0.2, 0) is 0 Å². The minimum Gasteiger partial charge on any atom is -0.485 e. The zero-order valence-corrected chi connectivity index (χ0v) is 13.5. The van der Waals surface area contributed by atoms with Crippen LogP contribution in [-0.4, -0.2) is 12.2 Å². The molecule has 1 rings (SSSR count). The van der Waals surface area contributed by atoms with E-state index in [4.69, 9.17) is 55.9 Å². The summed E-state index contributed by atoms with van der Waals surface area (Å²) in [7, 11) is 0. The lowest BCUT2D eigenvalue weighted by Crippen LogP contribution is -2.12. The molecule has 0 saturated carbocycles. The van der Waals surface area contributed by atoms with Crippen LogP contribution in [0.25, 0.3) is 0 Å². The topological polar surface area (TPSA) is 18.5 Å². The highest BCUT2D eigenvalue weighted by molar-refractivity contribution is 6.53. The van der Waals surface area contributed by atoms with Crippen molar-refractivity contribution in [2.45, 2.75) is 39.9 Å². The van der Waals surface area contributed by atoms with Crippen molar-refractivity contribution in [3.8, 4) is 11.5 Å². The van der Waals surface area contributed by atoms with Crippen molar-refractivity contribution >= 4 is 46.4 Å². The molecule has 102 valence electrons. The zero-order chi connectivity index (χ0) is 14.0. The minimum absolute atomic E-state index is 0.0923. The highest BCUT2D eigenvalue weighted by Crippen LogP contribution is 2.50. The van der Waals surface area contributed by atoms with E-state index in [1.807, 2.05) is 27.7 Å². The predicted molar refractivity (Wildman–Crippen MR) is 78.0 cm³/mol. The van der Waals surface area contributed by atoms with Gasteiger partial charge in [0.05, 0.1) is 22.3 Å². The summed E-state index contributed by atoms with van der Waals surface area (Å²) in [6.07, 6.45) is -0.185. The van der Waals surface area contributed by atoms with E-state index in [9.17, 15) is 0 Å². The number of hydrogen-bond acceptors (Lipinski definition) is 2. The first-order valence-corrected chi connectivity index (χ1v) is 6.96. The number of ether oxygens (including phenoxy) is 2. The summed E-state index contributed by atoms with van der Waals surface area (Å²) in [6, 6.07) is 0. The maximum absolute atomic E-state index is 6.12. The van der Waals surface area contributed by atoms with Gasteiger partial charge < -0.3 is 9.47 Å². The second-order valence-corrected chi connectivity index (χ2v) is 5.76. The third-order valence-electron chi connectivity index (χ3n) is 1.89. The SMILES string of the molecule is CC(C)Oc1c(Cl)c(Cl)c(Cl)c(Cl)c1OC(C)C. The number of halogens is 4. The molecule has 0 bridgehead atoms. The second-order valence-electron chi connectivity index (χ2n) is 4.25. The van der Waals surface area contributed by atoms with Gasteiger partial charge in [0.15, 0.2) is 11.5 Å². The van der Waals surface area contributed by atoms with E-state index in [1.165, 1.54) is 0 Å². The van der Waals surface area contributed by atoms with Crippen molar-refractivity contribution in [3.63, 3.8) is 0 Å². The normalized spacial score (nSPS) is 11.2. The van der Waals surface area contributed by atoms with Crippen molar-refractivity contribution in [3.05, 3.63) is 20.1 Å². The van der Waals surface area contributed by atoms with Crippen molar-refractivity contribution in [2.24, 2.45) is 0 Å². The molecule has 0 spiro atoms. The van der Waals surface area contributed by atoms with Crippen LogP contribution in [0.2, 0.25) is 20.1 Å². The van der Waals surface area contributed by atoms with E-state index in [-0.39, 0.29) is 32.3 Å². The van der Waals surface area contributed by atoms with Crippen LogP contribution in [0.5, 0.6) is 11.5 Å². The summed E-state index contributed by atoms with van der Waals surface area (Å²) in [6.45, 7) is 7.47. The second kappa shape index (κ2) is 6.42. The maximum Gasteiger partial charge on any atom is 0.183 e. The molecule has 1 aromatic carbocycles. The lowest BCUT2D eigenvalue weighted by molar-refractivity contribution is 0.199. The molecule has 0 N–H and O–H groups in total. The van der Waals surface area contributed by atoms with Gasteiger partial charge in [0.1, 0.15) is 10.0 Å². The monoisotopic (exact) mass is 330 g/mol. The summed E-state index contributed by atoms with van der Waals surface area (Å²) in [5.74, 6) is 0.638. The number of benzene rings is 1. The fourth-order valence-electron chi connectivity index (χ4n) is 1.27. The van der Waals surface area contributed by atoms with Gasteiger partial charge in [-0.2, -0.15) is 0 Å². The third-order valence-corrected chi connectivity index (χ3v) is 3.66. The number of rotatable bonds is 4. The molecule has 0 aliphatic rings. The standard InChI is InChI=1S/C12H14Cl4O2/c1-5(2)17-11-9(15)7(13)8(14)10(16)12(11)18-6(3)4/h5-6H,1-4H3. The summed E-state index contributed by atoms with van der Waals surface area (Å²) < 4.78 is 11.2. The molecule has 0 atom stereocenters. The lowest BCUT2D eigenvalue weighted by atomic mass is 10.3. The van der Waals surface area contributed by atoms with Crippen molar-refractivity contribution in [1.82, 2.24) is 0 Å². The quantitative estimate of drug-likeness (QED) is 0.507. The minimum atomic E-state index is -0.0923. The molecule has 0 aliphatic heterocycles. The molecular weight excluding hydrogens is 318 g/mol. The summed E-state index contributed by atoms with van der Waals surface area (Å²) in [5.41, 5.74) is 0. The van der Waals surface area contributed by atoms with Crippen LogP contribution < -0.4 is 9.47 Å².